The molecule has 5 nitrogen and oxygen atoms in total. The summed E-state index contributed by atoms with van der Waals surface area (Å²) >= 11 is 0. The number of likely N-dealkylation sites (N-methyl/N-ethyl adjacent to an activating group) is 1. The van der Waals surface area contributed by atoms with Gasteiger partial charge in [-0.15, -0.1) is 0 Å². The van der Waals surface area contributed by atoms with Crippen LogP contribution >= 0.6 is 0 Å². The van der Waals surface area contributed by atoms with Gasteiger partial charge in [-0.1, -0.05) is 0 Å². The molecule has 5 heteroatoms. The fraction of sp³-hybridized carbons (Fsp3) is 0.357. The van der Waals surface area contributed by atoms with E-state index in [2.05, 4.69) is 10.4 Å². The maximum Gasteiger partial charge on any atom is 0.127 e. The highest BCUT2D eigenvalue weighted by Gasteiger charge is 2.16. The second-order valence-corrected chi connectivity index (χ2v) is 4.18. The third-order valence-electron chi connectivity index (χ3n) is 3.09. The van der Waals surface area contributed by atoms with Crippen LogP contribution in [0.5, 0.6) is 11.5 Å². The van der Waals surface area contributed by atoms with E-state index in [9.17, 15) is 0 Å². The summed E-state index contributed by atoms with van der Waals surface area (Å²) in [4.78, 5) is 0. The molecular formula is C14H19N3O2. The Balaban J connectivity index is 2.26. The lowest BCUT2D eigenvalue weighted by Gasteiger charge is -2.20. The molecule has 2 rings (SSSR count). The van der Waals surface area contributed by atoms with Crippen molar-refractivity contribution >= 4 is 0 Å². The molecule has 1 atom stereocenters. The van der Waals surface area contributed by atoms with Gasteiger partial charge in [0.15, 0.2) is 0 Å². The Morgan fingerprint density at radius 1 is 1.32 bits per heavy atom. The van der Waals surface area contributed by atoms with Crippen LogP contribution in [0, 0.1) is 0 Å². The first-order valence-corrected chi connectivity index (χ1v) is 6.15. The topological polar surface area (TPSA) is 48.3 Å². The summed E-state index contributed by atoms with van der Waals surface area (Å²) in [5.41, 5.74) is 1.08. The highest BCUT2D eigenvalue weighted by atomic mass is 16.5. The Kier molecular flexibility index (Phi) is 4.41. The van der Waals surface area contributed by atoms with Crippen LogP contribution in [0.25, 0.3) is 0 Å². The van der Waals surface area contributed by atoms with Crippen molar-refractivity contribution < 1.29 is 9.47 Å². The molecule has 0 saturated heterocycles. The van der Waals surface area contributed by atoms with E-state index in [-0.39, 0.29) is 6.04 Å². The lowest BCUT2D eigenvalue weighted by molar-refractivity contribution is 0.379. The van der Waals surface area contributed by atoms with Gasteiger partial charge in [-0.3, -0.25) is 4.68 Å². The van der Waals surface area contributed by atoms with Crippen molar-refractivity contribution in [3.63, 3.8) is 0 Å². The molecule has 2 aromatic rings. The van der Waals surface area contributed by atoms with Gasteiger partial charge in [0.25, 0.3) is 0 Å². The molecule has 102 valence electrons. The molecule has 0 amide bonds. The van der Waals surface area contributed by atoms with E-state index < -0.39 is 0 Å². The van der Waals surface area contributed by atoms with Crippen molar-refractivity contribution in [2.75, 3.05) is 21.3 Å². The van der Waals surface area contributed by atoms with Gasteiger partial charge in [0.2, 0.25) is 0 Å². The number of hydrogen-bond acceptors (Lipinski definition) is 4. The highest BCUT2D eigenvalue weighted by molar-refractivity contribution is 5.42. The molecule has 0 aliphatic carbocycles. The monoisotopic (exact) mass is 261 g/mol. The first-order valence-electron chi connectivity index (χ1n) is 6.15. The predicted octanol–water partition coefficient (Wildman–Crippen LogP) is 1.86. The molecule has 1 N–H and O–H groups in total. The number of hydrogen-bond donors (Lipinski definition) is 1. The SMILES string of the molecule is CNC(Cn1cccn1)c1ccc(OC)cc1OC. The fourth-order valence-corrected chi connectivity index (χ4v) is 2.05. The van der Waals surface area contributed by atoms with Gasteiger partial charge in [-0.2, -0.15) is 5.10 Å². The Labute approximate surface area is 113 Å². The van der Waals surface area contributed by atoms with E-state index >= 15 is 0 Å². The molecule has 0 fully saturated rings. The van der Waals surface area contributed by atoms with Gasteiger partial charge in [0.1, 0.15) is 11.5 Å². The second-order valence-electron chi connectivity index (χ2n) is 4.18. The summed E-state index contributed by atoms with van der Waals surface area (Å²) in [6, 6.07) is 7.88. The Morgan fingerprint density at radius 2 is 2.16 bits per heavy atom. The van der Waals surface area contributed by atoms with Crippen LogP contribution in [0.4, 0.5) is 0 Å². The van der Waals surface area contributed by atoms with Gasteiger partial charge in [0, 0.05) is 24.0 Å². The lowest BCUT2D eigenvalue weighted by atomic mass is 10.1. The first kappa shape index (κ1) is 13.4. The molecule has 0 aliphatic heterocycles. The number of nitrogens with zero attached hydrogens (tertiary/aromatic N) is 2. The van der Waals surface area contributed by atoms with Gasteiger partial charge >= 0.3 is 0 Å². The van der Waals surface area contributed by atoms with Crippen molar-refractivity contribution in [1.29, 1.82) is 0 Å². The molecule has 0 saturated carbocycles. The maximum atomic E-state index is 5.44. The fourth-order valence-electron chi connectivity index (χ4n) is 2.05. The third kappa shape index (κ3) is 3.06. The van der Waals surface area contributed by atoms with Crippen molar-refractivity contribution in [3.05, 3.63) is 42.2 Å². The predicted molar refractivity (Wildman–Crippen MR) is 73.6 cm³/mol. The minimum atomic E-state index is 0.126. The van der Waals surface area contributed by atoms with Crippen molar-refractivity contribution in [2.24, 2.45) is 0 Å². The average Bonchev–Trinajstić information content (AvgIpc) is 2.97. The normalized spacial score (nSPS) is 12.2. The zero-order chi connectivity index (χ0) is 13.7. The van der Waals surface area contributed by atoms with Crippen LogP contribution in [0.2, 0.25) is 0 Å². The summed E-state index contributed by atoms with van der Waals surface area (Å²) in [6.07, 6.45) is 3.72. The first-order chi connectivity index (χ1) is 9.28. The molecule has 19 heavy (non-hydrogen) atoms. The summed E-state index contributed by atoms with van der Waals surface area (Å²) in [5, 5.41) is 7.52. The van der Waals surface area contributed by atoms with Crippen LogP contribution in [0.3, 0.4) is 0 Å². The van der Waals surface area contributed by atoms with Crippen LogP contribution in [-0.2, 0) is 6.54 Å². The minimum absolute atomic E-state index is 0.126. The van der Waals surface area contributed by atoms with E-state index in [0.717, 1.165) is 23.6 Å². The summed E-state index contributed by atoms with van der Waals surface area (Å²) < 4.78 is 12.5. The molecule has 1 aromatic heterocycles. The summed E-state index contributed by atoms with van der Waals surface area (Å²) in [6.45, 7) is 0.742. The van der Waals surface area contributed by atoms with Crippen molar-refractivity contribution in [2.45, 2.75) is 12.6 Å². The number of benzene rings is 1. The van der Waals surface area contributed by atoms with Crippen LogP contribution in [0.1, 0.15) is 11.6 Å². The van der Waals surface area contributed by atoms with E-state index in [4.69, 9.17) is 9.47 Å². The number of methoxy groups -OCH3 is 2. The number of rotatable bonds is 6. The molecular weight excluding hydrogens is 242 g/mol. The van der Waals surface area contributed by atoms with E-state index in [1.54, 1.807) is 20.4 Å². The number of aromatic nitrogens is 2. The Hall–Kier alpha value is -2.01. The number of nitrogens with one attached hydrogen (secondary N) is 1. The molecule has 1 aromatic carbocycles. The summed E-state index contributed by atoms with van der Waals surface area (Å²) in [7, 11) is 5.24. The zero-order valence-corrected chi connectivity index (χ0v) is 11.5. The molecule has 0 spiro atoms. The highest BCUT2D eigenvalue weighted by Crippen LogP contribution is 2.30. The van der Waals surface area contributed by atoms with Crippen LogP contribution in [-0.4, -0.2) is 31.0 Å². The maximum absolute atomic E-state index is 5.44. The molecule has 1 heterocycles. The quantitative estimate of drug-likeness (QED) is 0.862. The van der Waals surface area contributed by atoms with Crippen molar-refractivity contribution in [3.8, 4) is 11.5 Å². The standard InChI is InChI=1S/C14H19N3O2/c1-15-13(10-17-8-4-7-16-17)12-6-5-11(18-2)9-14(12)19-3/h4-9,13,15H,10H2,1-3H3. The van der Waals surface area contributed by atoms with Gasteiger partial charge in [0.05, 0.1) is 26.8 Å². The molecule has 1 unspecified atom stereocenters. The Morgan fingerprint density at radius 3 is 2.74 bits per heavy atom. The largest absolute Gasteiger partial charge is 0.497 e. The summed E-state index contributed by atoms with van der Waals surface area (Å²) in [5.74, 6) is 1.60. The Bertz CT molecular complexity index is 511. The van der Waals surface area contributed by atoms with E-state index in [1.165, 1.54) is 0 Å². The van der Waals surface area contributed by atoms with Crippen molar-refractivity contribution in [1.82, 2.24) is 15.1 Å². The zero-order valence-electron chi connectivity index (χ0n) is 11.5. The van der Waals surface area contributed by atoms with E-state index in [0.29, 0.717) is 0 Å². The molecule has 0 radical (unpaired) electrons. The lowest BCUT2D eigenvalue weighted by Crippen LogP contribution is -2.22. The van der Waals surface area contributed by atoms with Gasteiger partial charge in [-0.05, 0) is 25.2 Å². The molecule has 0 bridgehead atoms. The van der Waals surface area contributed by atoms with Gasteiger partial charge in [-0.25, -0.2) is 0 Å². The second kappa shape index (κ2) is 6.24. The third-order valence-corrected chi connectivity index (χ3v) is 3.09. The average molecular weight is 261 g/mol. The van der Waals surface area contributed by atoms with Gasteiger partial charge < -0.3 is 14.8 Å². The number of ether oxygens (including phenoxy) is 2. The smallest absolute Gasteiger partial charge is 0.127 e. The molecule has 0 aliphatic rings. The minimum Gasteiger partial charge on any atom is -0.497 e. The van der Waals surface area contributed by atoms with Crippen LogP contribution in [0.15, 0.2) is 36.7 Å². The van der Waals surface area contributed by atoms with Crippen LogP contribution < -0.4 is 14.8 Å². The van der Waals surface area contributed by atoms with E-state index in [1.807, 2.05) is 42.2 Å².